The van der Waals surface area contributed by atoms with Crippen molar-refractivity contribution in [1.82, 2.24) is 19.5 Å². The molecule has 0 atom stereocenters. The van der Waals surface area contributed by atoms with E-state index in [1.807, 2.05) is 22.8 Å². The van der Waals surface area contributed by atoms with Crippen molar-refractivity contribution in [2.45, 2.75) is 27.9 Å². The second-order valence-electron chi connectivity index (χ2n) is 7.02. The molecule has 0 aliphatic heterocycles. The number of aromatic nitrogens is 4. The van der Waals surface area contributed by atoms with Gasteiger partial charge in [-0.1, -0.05) is 12.1 Å². The first-order chi connectivity index (χ1) is 15.8. The van der Waals surface area contributed by atoms with E-state index >= 15 is 0 Å². The number of imidazole rings is 1. The number of nitrogens with one attached hydrogen (secondary N) is 2. The van der Waals surface area contributed by atoms with Crippen molar-refractivity contribution in [1.29, 1.82) is 5.41 Å². The fourth-order valence-electron chi connectivity index (χ4n) is 3.22. The topological polar surface area (TPSA) is 143 Å². The fraction of sp³-hybridized carbons (Fsp3) is 0.190. The van der Waals surface area contributed by atoms with E-state index in [0.717, 1.165) is 10.5 Å². The lowest BCUT2D eigenvalue weighted by Crippen LogP contribution is -2.13. The van der Waals surface area contributed by atoms with Gasteiger partial charge in [-0.15, -0.1) is 0 Å². The molecule has 4 rings (SSSR count). The molecule has 0 spiro atoms. The third kappa shape index (κ3) is 5.02. The molecule has 2 aromatic carbocycles. The van der Waals surface area contributed by atoms with E-state index in [1.54, 1.807) is 32.7 Å². The first-order valence-electron chi connectivity index (χ1n) is 9.74. The van der Waals surface area contributed by atoms with Crippen molar-refractivity contribution in [3.8, 4) is 11.5 Å². The van der Waals surface area contributed by atoms with Crippen LogP contribution >= 0.6 is 11.8 Å². The van der Waals surface area contributed by atoms with Crippen molar-refractivity contribution in [2.75, 3.05) is 14.2 Å². The highest BCUT2D eigenvalue weighted by Crippen LogP contribution is 2.36. The summed E-state index contributed by atoms with van der Waals surface area (Å²) < 4.78 is 44.1. The van der Waals surface area contributed by atoms with Crippen LogP contribution in [0.25, 0.3) is 11.2 Å². The van der Waals surface area contributed by atoms with Gasteiger partial charge >= 0.3 is 0 Å². The minimum absolute atomic E-state index is 0.0794. The van der Waals surface area contributed by atoms with Crippen LogP contribution in [0.15, 0.2) is 63.7 Å². The maximum atomic E-state index is 11.2. The van der Waals surface area contributed by atoms with Crippen molar-refractivity contribution >= 4 is 33.0 Å². The standard InChI is InChI=1S/C21H21N5O5S2/c1-30-14-5-8-16(31-2)17(11-14)32-21-24-18-19(22)23-12-26(20(18)25-21)10-9-13-3-6-15(7-4-13)33(27,28)29/h3-8,11-12,22H,9-10H2,1-2H3,(H,24,25)(H,27,28,29). The van der Waals surface area contributed by atoms with E-state index in [-0.39, 0.29) is 10.4 Å². The second kappa shape index (κ2) is 9.25. The third-order valence-electron chi connectivity index (χ3n) is 4.94. The van der Waals surface area contributed by atoms with E-state index in [9.17, 15) is 8.42 Å². The summed E-state index contributed by atoms with van der Waals surface area (Å²) in [6.07, 6.45) is 2.13. The normalized spacial score (nSPS) is 11.6. The molecule has 0 bridgehead atoms. The highest BCUT2D eigenvalue weighted by Gasteiger charge is 2.14. The molecule has 0 fully saturated rings. The van der Waals surface area contributed by atoms with Gasteiger partial charge in [0.05, 0.1) is 30.3 Å². The molecule has 0 aliphatic rings. The average Bonchev–Trinajstić information content (AvgIpc) is 3.23. The lowest BCUT2D eigenvalue weighted by atomic mass is 10.1. The summed E-state index contributed by atoms with van der Waals surface area (Å²) in [4.78, 5) is 12.6. The molecule has 0 amide bonds. The number of ether oxygens (including phenoxy) is 2. The Morgan fingerprint density at radius 1 is 1.15 bits per heavy atom. The van der Waals surface area contributed by atoms with E-state index in [2.05, 4.69) is 15.0 Å². The van der Waals surface area contributed by atoms with Gasteiger partial charge in [-0.2, -0.15) is 8.42 Å². The monoisotopic (exact) mass is 487 g/mol. The Morgan fingerprint density at radius 3 is 2.58 bits per heavy atom. The fourth-order valence-corrected chi connectivity index (χ4v) is 4.62. The number of fused-ring (bicyclic) bond motifs is 1. The van der Waals surface area contributed by atoms with E-state index in [1.165, 1.54) is 23.9 Å². The lowest BCUT2D eigenvalue weighted by molar-refractivity contribution is 0.394. The molecule has 0 unspecified atom stereocenters. The number of hydrogen-bond donors (Lipinski definition) is 3. The predicted molar refractivity (Wildman–Crippen MR) is 121 cm³/mol. The molecule has 33 heavy (non-hydrogen) atoms. The van der Waals surface area contributed by atoms with Crippen LogP contribution in [0.2, 0.25) is 0 Å². The number of benzene rings is 2. The lowest BCUT2D eigenvalue weighted by Gasteiger charge is -2.08. The smallest absolute Gasteiger partial charge is 0.294 e. The Labute approximate surface area is 193 Å². The quantitative estimate of drug-likeness (QED) is 0.322. The van der Waals surface area contributed by atoms with Gasteiger partial charge in [0.25, 0.3) is 10.1 Å². The molecule has 3 N–H and O–H groups in total. The van der Waals surface area contributed by atoms with Gasteiger partial charge in [0.15, 0.2) is 16.3 Å². The Balaban J connectivity index is 1.60. The summed E-state index contributed by atoms with van der Waals surface area (Å²) in [5, 5.41) is 8.72. The Kier molecular flexibility index (Phi) is 6.40. The van der Waals surface area contributed by atoms with Gasteiger partial charge in [0.2, 0.25) is 0 Å². The van der Waals surface area contributed by atoms with Crippen LogP contribution in [0, 0.1) is 5.41 Å². The maximum absolute atomic E-state index is 11.2. The molecule has 0 aliphatic carbocycles. The molecular weight excluding hydrogens is 466 g/mol. The molecule has 10 nitrogen and oxygen atoms in total. The maximum Gasteiger partial charge on any atom is 0.294 e. The van der Waals surface area contributed by atoms with Crippen molar-refractivity contribution in [3.05, 3.63) is 59.8 Å². The minimum Gasteiger partial charge on any atom is -0.497 e. The Morgan fingerprint density at radius 2 is 1.91 bits per heavy atom. The van der Waals surface area contributed by atoms with Gasteiger partial charge in [-0.25, -0.2) is 9.97 Å². The molecule has 2 aromatic heterocycles. The Hall–Kier alpha value is -3.35. The van der Waals surface area contributed by atoms with Crippen LogP contribution in [-0.4, -0.2) is 46.7 Å². The molecule has 0 radical (unpaired) electrons. The van der Waals surface area contributed by atoms with Crippen molar-refractivity contribution in [3.63, 3.8) is 0 Å². The van der Waals surface area contributed by atoms with Gasteiger partial charge in [0, 0.05) is 6.54 Å². The summed E-state index contributed by atoms with van der Waals surface area (Å²) in [6, 6.07) is 11.5. The summed E-state index contributed by atoms with van der Waals surface area (Å²) >= 11 is 1.35. The van der Waals surface area contributed by atoms with Gasteiger partial charge in [0.1, 0.15) is 17.0 Å². The predicted octanol–water partition coefficient (Wildman–Crippen LogP) is 2.90. The second-order valence-corrected chi connectivity index (χ2v) is 9.47. The highest BCUT2D eigenvalue weighted by molar-refractivity contribution is 7.99. The SMILES string of the molecule is COc1ccc(OC)c(Sc2nc3c([nH]2)c(=N)ncn3CCc2ccc(S(=O)(=O)O)cc2)c1. The van der Waals surface area contributed by atoms with Crippen LogP contribution in [0.5, 0.6) is 11.5 Å². The number of rotatable bonds is 8. The van der Waals surface area contributed by atoms with Crippen LogP contribution in [0.1, 0.15) is 5.56 Å². The third-order valence-corrected chi connectivity index (χ3v) is 6.73. The van der Waals surface area contributed by atoms with E-state index in [0.29, 0.717) is 40.8 Å². The molecule has 12 heteroatoms. The zero-order chi connectivity index (χ0) is 23.6. The number of H-pyrrole nitrogens is 1. The first-order valence-corrected chi connectivity index (χ1v) is 12.0. The van der Waals surface area contributed by atoms with Gasteiger partial charge < -0.3 is 19.0 Å². The highest BCUT2D eigenvalue weighted by atomic mass is 32.2. The van der Waals surface area contributed by atoms with Crippen molar-refractivity contribution < 1.29 is 22.4 Å². The average molecular weight is 488 g/mol. The first kappa shape index (κ1) is 22.8. The van der Waals surface area contributed by atoms with E-state index in [4.69, 9.17) is 19.4 Å². The minimum atomic E-state index is -4.22. The molecule has 2 heterocycles. The molecule has 4 aromatic rings. The largest absolute Gasteiger partial charge is 0.497 e. The number of aromatic amines is 1. The number of methoxy groups -OCH3 is 2. The summed E-state index contributed by atoms with van der Waals surface area (Å²) in [5.74, 6) is 1.36. The van der Waals surface area contributed by atoms with Crippen LogP contribution < -0.4 is 15.0 Å². The van der Waals surface area contributed by atoms with Crippen molar-refractivity contribution in [2.24, 2.45) is 0 Å². The summed E-state index contributed by atoms with van der Waals surface area (Å²) in [6.45, 7) is 0.506. The van der Waals surface area contributed by atoms with Gasteiger partial charge in [-0.05, 0) is 54.1 Å². The Bertz CT molecular complexity index is 1460. The molecule has 0 saturated carbocycles. The zero-order valence-corrected chi connectivity index (χ0v) is 19.4. The number of nitrogens with zero attached hydrogens (tertiary/aromatic N) is 3. The molecule has 172 valence electrons. The number of hydrogen-bond acceptors (Lipinski definition) is 8. The molecule has 0 saturated heterocycles. The molecular formula is C21H21N5O5S2. The summed E-state index contributed by atoms with van der Waals surface area (Å²) in [5.41, 5.74) is 2.04. The zero-order valence-electron chi connectivity index (χ0n) is 17.8. The number of aryl methyl sites for hydroxylation is 2. The summed E-state index contributed by atoms with van der Waals surface area (Å²) in [7, 11) is -1.04. The van der Waals surface area contributed by atoms with Crippen LogP contribution in [0.4, 0.5) is 0 Å². The van der Waals surface area contributed by atoms with Crippen LogP contribution in [-0.2, 0) is 23.1 Å². The van der Waals surface area contributed by atoms with E-state index < -0.39 is 10.1 Å². The van der Waals surface area contributed by atoms with Gasteiger partial charge in [-0.3, -0.25) is 9.96 Å². The van der Waals surface area contributed by atoms with Crippen LogP contribution in [0.3, 0.4) is 0 Å².